The Kier molecular flexibility index (Phi) is 6.21. The molecule has 1 heterocycles. The molecule has 0 saturated carbocycles. The summed E-state index contributed by atoms with van der Waals surface area (Å²) in [6.45, 7) is 13.4. The van der Waals surface area contributed by atoms with Gasteiger partial charge in [-0.3, -0.25) is 0 Å². The van der Waals surface area contributed by atoms with Crippen LogP contribution in [0.5, 0.6) is 0 Å². The molecule has 0 saturated heterocycles. The van der Waals surface area contributed by atoms with Gasteiger partial charge in [-0.25, -0.2) is 0 Å². The molecule has 1 rings (SSSR count). The number of H-pyrrole nitrogens is 1. The van der Waals surface area contributed by atoms with Crippen LogP contribution in [0.3, 0.4) is 0 Å². The lowest BCUT2D eigenvalue weighted by atomic mass is 10.3. The number of hydrogen-bond donors (Lipinski definition) is 1. The molecule has 0 radical (unpaired) electrons. The lowest BCUT2D eigenvalue weighted by molar-refractivity contribution is 1.29. The van der Waals surface area contributed by atoms with Crippen LogP contribution in [0.25, 0.3) is 18.2 Å². The van der Waals surface area contributed by atoms with Crippen LogP contribution in [0.1, 0.15) is 26.5 Å². The first-order valence-electron chi connectivity index (χ1n) is 4.92. The van der Waals surface area contributed by atoms with E-state index in [9.17, 15) is 0 Å². The third kappa shape index (κ3) is 3.09. The van der Waals surface area contributed by atoms with Crippen LogP contribution in [0.4, 0.5) is 0 Å². The highest BCUT2D eigenvalue weighted by molar-refractivity contribution is 5.46. The summed E-state index contributed by atoms with van der Waals surface area (Å²) in [6.07, 6.45) is 7.57. The second-order valence-corrected chi connectivity index (χ2v) is 2.49. The molecule has 0 atom stereocenters. The molecule has 0 aliphatic rings. The number of aromatic amines is 1. The summed E-state index contributed by atoms with van der Waals surface area (Å²) in [5.41, 5.74) is 1.04. The highest BCUT2D eigenvalue weighted by Crippen LogP contribution is 1.86. The van der Waals surface area contributed by atoms with Crippen LogP contribution in [0.2, 0.25) is 0 Å². The minimum absolute atomic E-state index is 1.04. The van der Waals surface area contributed by atoms with Gasteiger partial charge in [-0.15, -0.1) is 0 Å². The van der Waals surface area contributed by atoms with Crippen LogP contribution in [0, 0.1) is 0 Å². The van der Waals surface area contributed by atoms with Crippen molar-refractivity contribution in [1.29, 1.82) is 0 Å². The number of aromatic nitrogens is 1. The highest BCUT2D eigenvalue weighted by atomic mass is 14.7. The number of nitrogens with one attached hydrogen (secondary N) is 1. The van der Waals surface area contributed by atoms with Crippen molar-refractivity contribution in [3.8, 4) is 0 Å². The van der Waals surface area contributed by atoms with Gasteiger partial charge in [-0.1, -0.05) is 39.2 Å². The Morgan fingerprint density at radius 1 is 1.29 bits per heavy atom. The zero-order valence-corrected chi connectivity index (χ0v) is 9.30. The molecule has 0 aliphatic heterocycles. The number of rotatable bonds is 2. The van der Waals surface area contributed by atoms with Crippen molar-refractivity contribution < 1.29 is 0 Å². The van der Waals surface area contributed by atoms with Crippen LogP contribution < -0.4 is 10.6 Å². The van der Waals surface area contributed by atoms with Crippen molar-refractivity contribution in [3.05, 3.63) is 41.6 Å². The lowest BCUT2D eigenvalue weighted by Gasteiger charge is -1.78. The van der Waals surface area contributed by atoms with E-state index in [-0.39, 0.29) is 0 Å². The van der Waals surface area contributed by atoms with Gasteiger partial charge in [0.2, 0.25) is 0 Å². The number of hydrogen-bond acceptors (Lipinski definition) is 0. The summed E-state index contributed by atoms with van der Waals surface area (Å²) in [4.78, 5) is 3.21. The minimum atomic E-state index is 1.04. The second-order valence-electron chi connectivity index (χ2n) is 2.49. The summed E-state index contributed by atoms with van der Waals surface area (Å²) in [6, 6.07) is 2.06. The van der Waals surface area contributed by atoms with Crippen LogP contribution in [0.15, 0.2) is 25.3 Å². The van der Waals surface area contributed by atoms with Crippen molar-refractivity contribution in [1.82, 2.24) is 4.98 Å². The summed E-state index contributed by atoms with van der Waals surface area (Å²) in [7, 11) is 0. The first-order chi connectivity index (χ1) is 6.81. The van der Waals surface area contributed by atoms with E-state index in [0.29, 0.717) is 0 Å². The van der Waals surface area contributed by atoms with Crippen molar-refractivity contribution in [2.45, 2.75) is 20.8 Å². The molecule has 0 spiro atoms. The van der Waals surface area contributed by atoms with E-state index in [1.165, 1.54) is 5.22 Å². The van der Waals surface area contributed by atoms with Crippen molar-refractivity contribution >= 4 is 18.2 Å². The normalized spacial score (nSPS) is 11.9. The molecule has 1 heteroatoms. The maximum Gasteiger partial charge on any atom is 0.0455 e. The van der Waals surface area contributed by atoms with E-state index in [0.717, 1.165) is 11.0 Å². The van der Waals surface area contributed by atoms with E-state index in [4.69, 9.17) is 0 Å². The Morgan fingerprint density at radius 3 is 2.36 bits per heavy atom. The summed E-state index contributed by atoms with van der Waals surface area (Å²) in [5, 5.41) is 2.27. The van der Waals surface area contributed by atoms with E-state index in [2.05, 4.69) is 30.3 Å². The van der Waals surface area contributed by atoms with Gasteiger partial charge >= 0.3 is 0 Å². The predicted molar refractivity (Wildman–Crippen MR) is 66.3 cm³/mol. The fraction of sp³-hybridized carbons (Fsp3) is 0.231. The van der Waals surface area contributed by atoms with Crippen LogP contribution in [-0.4, -0.2) is 4.98 Å². The van der Waals surface area contributed by atoms with Gasteiger partial charge in [-0.2, -0.15) is 0 Å². The number of allylic oxidation sites excluding steroid dienone is 1. The van der Waals surface area contributed by atoms with Gasteiger partial charge in [0.1, 0.15) is 0 Å². The smallest absolute Gasteiger partial charge is 0.0455 e. The monoisotopic (exact) mass is 189 g/mol. The maximum absolute atomic E-state index is 3.69. The van der Waals surface area contributed by atoms with E-state index < -0.39 is 0 Å². The first kappa shape index (κ1) is 12.5. The molecule has 1 N–H and O–H groups in total. The SMILES string of the molecule is C=C/C=c1/[nH]c(C=C)c/c1=C/C.CC. The highest BCUT2D eigenvalue weighted by Gasteiger charge is 1.88. The van der Waals surface area contributed by atoms with Crippen LogP contribution >= 0.6 is 0 Å². The molecule has 0 aromatic carbocycles. The lowest BCUT2D eigenvalue weighted by Crippen LogP contribution is -2.20. The van der Waals surface area contributed by atoms with Gasteiger partial charge in [0.15, 0.2) is 0 Å². The molecular weight excluding hydrogens is 170 g/mol. The van der Waals surface area contributed by atoms with Gasteiger partial charge in [-0.05, 0) is 30.4 Å². The van der Waals surface area contributed by atoms with E-state index in [1.807, 2.05) is 26.8 Å². The molecule has 0 aliphatic carbocycles. The Balaban J connectivity index is 0.000000791. The average molecular weight is 189 g/mol. The van der Waals surface area contributed by atoms with E-state index in [1.54, 1.807) is 12.2 Å². The Bertz CT molecular complexity index is 393. The molecule has 1 nitrogen and oxygen atoms in total. The average Bonchev–Trinajstić information content (AvgIpc) is 2.64. The Labute approximate surface area is 86.2 Å². The Morgan fingerprint density at radius 2 is 1.93 bits per heavy atom. The molecular formula is C13H19N. The summed E-state index contributed by atoms with van der Waals surface area (Å²) in [5.74, 6) is 0. The predicted octanol–water partition coefficient (Wildman–Crippen LogP) is 2.45. The van der Waals surface area contributed by atoms with Crippen molar-refractivity contribution in [2.75, 3.05) is 0 Å². The summed E-state index contributed by atoms with van der Waals surface area (Å²) >= 11 is 0. The molecule has 0 unspecified atom stereocenters. The van der Waals surface area contributed by atoms with Gasteiger partial charge in [0.25, 0.3) is 0 Å². The van der Waals surface area contributed by atoms with Gasteiger partial charge in [0.05, 0.1) is 0 Å². The molecule has 0 fully saturated rings. The quantitative estimate of drug-likeness (QED) is 0.735. The molecule has 76 valence electrons. The van der Waals surface area contributed by atoms with E-state index >= 15 is 0 Å². The fourth-order valence-corrected chi connectivity index (χ4v) is 1.11. The molecule has 1 aromatic heterocycles. The standard InChI is InChI=1S/C11H13N.C2H6/c1-4-7-11-9(5-2)8-10(6-3)12-11;1-2/h4-8,12H,1,3H2,2H3;1-2H3/b9-5-,11-7+;. The largest absolute Gasteiger partial charge is 0.355 e. The third-order valence-corrected chi connectivity index (χ3v) is 1.72. The molecule has 1 aromatic rings. The molecule has 0 bridgehead atoms. The van der Waals surface area contributed by atoms with Crippen molar-refractivity contribution in [2.24, 2.45) is 0 Å². The zero-order chi connectivity index (χ0) is 11.0. The van der Waals surface area contributed by atoms with Gasteiger partial charge in [0, 0.05) is 11.0 Å². The fourth-order valence-electron chi connectivity index (χ4n) is 1.11. The molecule has 14 heavy (non-hydrogen) atoms. The maximum atomic E-state index is 3.69. The van der Waals surface area contributed by atoms with Crippen LogP contribution in [-0.2, 0) is 0 Å². The third-order valence-electron chi connectivity index (χ3n) is 1.72. The topological polar surface area (TPSA) is 15.8 Å². The van der Waals surface area contributed by atoms with Gasteiger partial charge < -0.3 is 4.98 Å². The summed E-state index contributed by atoms with van der Waals surface area (Å²) < 4.78 is 0. The Hall–Kier alpha value is -1.50. The zero-order valence-electron chi connectivity index (χ0n) is 9.30. The van der Waals surface area contributed by atoms with Crippen molar-refractivity contribution in [3.63, 3.8) is 0 Å². The minimum Gasteiger partial charge on any atom is -0.355 e. The molecule has 0 amide bonds. The first-order valence-corrected chi connectivity index (χ1v) is 4.92. The second kappa shape index (κ2) is 6.96.